The van der Waals surface area contributed by atoms with Crippen LogP contribution in [0.25, 0.3) is 0 Å². The Kier molecular flexibility index (Phi) is 4.68. The Morgan fingerprint density at radius 1 is 1.08 bits per heavy atom. The van der Waals surface area contributed by atoms with E-state index in [-0.39, 0.29) is 20.4 Å². The summed E-state index contributed by atoms with van der Waals surface area (Å²) in [6.45, 7) is 0. The molecule has 0 amide bonds. The van der Waals surface area contributed by atoms with Gasteiger partial charge < -0.3 is 0 Å². The van der Waals surface area contributed by atoms with Crippen LogP contribution in [0.2, 0.25) is 0 Å². The SMILES string of the molecule is Cl[Si](Cl)(Cl)[I+]Cc1ccccc1. The number of benzene rings is 1. The second-order valence-electron chi connectivity index (χ2n) is 2.18. The fourth-order valence-corrected chi connectivity index (χ4v) is 7.20. The molecule has 1 aromatic rings. The minimum absolute atomic E-state index is 0.262. The van der Waals surface area contributed by atoms with Crippen molar-refractivity contribution in [1.29, 1.82) is 0 Å². The van der Waals surface area contributed by atoms with E-state index in [1.54, 1.807) is 0 Å². The number of hydrogen-bond acceptors (Lipinski definition) is 0. The normalized spacial score (nSPS) is 11.6. The van der Waals surface area contributed by atoms with E-state index in [1.807, 2.05) is 18.2 Å². The van der Waals surface area contributed by atoms with Crippen LogP contribution in [0.4, 0.5) is 0 Å². The molecule has 66 valence electrons. The summed E-state index contributed by atoms with van der Waals surface area (Å²) in [5.74, 6) is 0. The van der Waals surface area contributed by atoms with E-state index in [4.69, 9.17) is 33.2 Å². The Labute approximate surface area is 96.7 Å². The molecular formula is C7H7Cl3ISi+. The largest absolute Gasteiger partial charge is 0.621 e. The summed E-state index contributed by atoms with van der Waals surface area (Å²) in [6.07, 6.45) is 0. The van der Waals surface area contributed by atoms with Crippen LogP contribution in [0.1, 0.15) is 5.56 Å². The zero-order chi connectivity index (χ0) is 9.03. The third kappa shape index (κ3) is 4.92. The summed E-state index contributed by atoms with van der Waals surface area (Å²) in [5.41, 5.74) is 1.28. The van der Waals surface area contributed by atoms with Gasteiger partial charge in [0.25, 0.3) is 20.4 Å². The van der Waals surface area contributed by atoms with E-state index in [0.29, 0.717) is 0 Å². The van der Waals surface area contributed by atoms with E-state index in [9.17, 15) is 0 Å². The van der Waals surface area contributed by atoms with Gasteiger partial charge in [-0.25, -0.2) is 0 Å². The van der Waals surface area contributed by atoms with E-state index < -0.39 is 3.50 Å². The molecule has 0 saturated heterocycles. The van der Waals surface area contributed by atoms with Crippen LogP contribution in [0.15, 0.2) is 30.3 Å². The van der Waals surface area contributed by atoms with Gasteiger partial charge in [-0.2, -0.15) is 0 Å². The molecule has 0 heterocycles. The Morgan fingerprint density at radius 2 is 1.67 bits per heavy atom. The topological polar surface area (TPSA) is 0 Å². The zero-order valence-electron chi connectivity index (χ0n) is 6.11. The fraction of sp³-hybridized carbons (Fsp3) is 0.143. The molecule has 0 saturated carbocycles. The molecule has 12 heavy (non-hydrogen) atoms. The molecule has 0 unspecified atom stereocenters. The van der Waals surface area contributed by atoms with Crippen molar-refractivity contribution in [2.75, 3.05) is 0 Å². The molecule has 0 bridgehead atoms. The smallest absolute Gasteiger partial charge is 0.0738 e. The highest BCUT2D eigenvalue weighted by Crippen LogP contribution is 2.06. The van der Waals surface area contributed by atoms with Gasteiger partial charge in [-0.15, -0.1) is 0 Å². The van der Waals surface area contributed by atoms with E-state index in [2.05, 4.69) is 12.1 Å². The average Bonchev–Trinajstić information content (AvgIpc) is 2.02. The molecule has 1 rings (SSSR count). The van der Waals surface area contributed by atoms with Gasteiger partial charge in [0, 0.05) is 0 Å². The summed E-state index contributed by atoms with van der Waals surface area (Å²) >= 11 is 17.1. The Bertz CT molecular complexity index is 234. The second-order valence-corrected chi connectivity index (χ2v) is 23.8. The molecule has 0 spiro atoms. The van der Waals surface area contributed by atoms with Gasteiger partial charge in [-0.05, 0) is 5.56 Å². The first-order valence-corrected chi connectivity index (χ1v) is 13.0. The second kappa shape index (κ2) is 5.05. The van der Waals surface area contributed by atoms with Crippen molar-refractivity contribution in [2.45, 2.75) is 4.43 Å². The summed E-state index contributed by atoms with van der Waals surface area (Å²) < 4.78 is -1.34. The lowest BCUT2D eigenvalue weighted by molar-refractivity contribution is -0.535. The number of alkyl halides is 1. The predicted molar refractivity (Wildman–Crippen MR) is 53.5 cm³/mol. The van der Waals surface area contributed by atoms with Gasteiger partial charge in [0.2, 0.25) is 0 Å². The molecule has 0 nitrogen and oxygen atoms in total. The standard InChI is InChI=1S/C7H7Cl3ISi/c8-12(9,10)11-6-7-4-2-1-3-5-7/h1-5H,6H2/q+1. The highest BCUT2D eigenvalue weighted by molar-refractivity contribution is 7.60. The number of halogens is 4. The number of rotatable bonds is 3. The van der Waals surface area contributed by atoms with Crippen molar-refractivity contribution in [3.05, 3.63) is 35.9 Å². The van der Waals surface area contributed by atoms with Crippen molar-refractivity contribution in [1.82, 2.24) is 0 Å². The highest BCUT2D eigenvalue weighted by atomic mass is 127. The molecule has 0 N–H and O–H groups in total. The van der Waals surface area contributed by atoms with Crippen LogP contribution in [-0.4, -0.2) is 3.50 Å². The van der Waals surface area contributed by atoms with Crippen molar-refractivity contribution in [2.24, 2.45) is 0 Å². The van der Waals surface area contributed by atoms with Crippen LogP contribution in [0, 0.1) is 0 Å². The molecule has 0 radical (unpaired) electrons. The molecule has 1 aromatic carbocycles. The average molecular weight is 352 g/mol. The summed E-state index contributed by atoms with van der Waals surface area (Å²) in [6, 6.07) is 10.2. The molecule has 0 fully saturated rings. The Hall–Kier alpha value is 1.04. The first-order chi connectivity index (χ1) is 5.58. The predicted octanol–water partition coefficient (Wildman–Crippen LogP) is 0.428. The minimum Gasteiger partial charge on any atom is -0.0738 e. The molecular weight excluding hydrogens is 345 g/mol. The number of hydrogen-bond donors (Lipinski definition) is 0. The molecule has 0 aliphatic heterocycles. The molecule has 0 aromatic heterocycles. The molecule has 0 aliphatic rings. The third-order valence-corrected chi connectivity index (χ3v) is 12.4. The van der Waals surface area contributed by atoms with Gasteiger partial charge in [0.15, 0.2) is 4.43 Å². The van der Waals surface area contributed by atoms with Crippen molar-refractivity contribution < 1.29 is 20.4 Å². The zero-order valence-corrected chi connectivity index (χ0v) is 11.5. The molecule has 0 atom stereocenters. The highest BCUT2D eigenvalue weighted by Gasteiger charge is 2.44. The van der Waals surface area contributed by atoms with Gasteiger partial charge >= 0.3 is 3.50 Å². The van der Waals surface area contributed by atoms with Crippen LogP contribution < -0.4 is 20.4 Å². The maximum Gasteiger partial charge on any atom is 0.621 e. The van der Waals surface area contributed by atoms with Crippen LogP contribution in [0.3, 0.4) is 0 Å². The van der Waals surface area contributed by atoms with Crippen LogP contribution in [0.5, 0.6) is 0 Å². The first kappa shape index (κ1) is 11.1. The van der Waals surface area contributed by atoms with E-state index >= 15 is 0 Å². The summed E-state index contributed by atoms with van der Waals surface area (Å²) in [4.78, 5) is 0. The Morgan fingerprint density at radius 3 is 2.17 bits per heavy atom. The lowest BCUT2D eigenvalue weighted by Crippen LogP contribution is -3.68. The maximum atomic E-state index is 5.80. The molecule has 5 heteroatoms. The first-order valence-electron chi connectivity index (χ1n) is 3.29. The monoisotopic (exact) mass is 351 g/mol. The van der Waals surface area contributed by atoms with Gasteiger partial charge in [-0.1, -0.05) is 63.6 Å². The van der Waals surface area contributed by atoms with Gasteiger partial charge in [0.1, 0.15) is 0 Å². The summed E-state index contributed by atoms with van der Waals surface area (Å²) in [5, 5.41) is 0. The quantitative estimate of drug-likeness (QED) is 0.320. The van der Waals surface area contributed by atoms with Gasteiger partial charge in [-0.3, -0.25) is 0 Å². The fourth-order valence-electron chi connectivity index (χ4n) is 0.720. The van der Waals surface area contributed by atoms with Crippen molar-refractivity contribution >= 4 is 36.7 Å². The van der Waals surface area contributed by atoms with Crippen LogP contribution in [-0.2, 0) is 4.43 Å². The third-order valence-electron chi connectivity index (χ3n) is 1.22. The van der Waals surface area contributed by atoms with Gasteiger partial charge in [0.05, 0.1) is 0 Å². The van der Waals surface area contributed by atoms with E-state index in [1.165, 1.54) is 5.56 Å². The Balaban J connectivity index is 2.44. The lowest BCUT2D eigenvalue weighted by Gasteiger charge is -1.92. The minimum atomic E-state index is -2.31. The molecule has 0 aliphatic carbocycles. The van der Waals surface area contributed by atoms with E-state index in [0.717, 1.165) is 4.43 Å². The van der Waals surface area contributed by atoms with Crippen molar-refractivity contribution in [3.8, 4) is 0 Å². The lowest BCUT2D eigenvalue weighted by atomic mass is 10.2. The van der Waals surface area contributed by atoms with Crippen LogP contribution >= 0.6 is 33.2 Å². The van der Waals surface area contributed by atoms with Crippen molar-refractivity contribution in [3.63, 3.8) is 0 Å². The maximum absolute atomic E-state index is 5.80. The summed E-state index contributed by atoms with van der Waals surface area (Å²) in [7, 11) is 0.